The number of hydrogen-bond donors (Lipinski definition) is 2. The van der Waals surface area contributed by atoms with E-state index in [1.165, 1.54) is 42.8 Å². The van der Waals surface area contributed by atoms with Crippen LogP contribution in [0.2, 0.25) is 5.02 Å². The van der Waals surface area contributed by atoms with Gasteiger partial charge < -0.3 is 15.2 Å². The van der Waals surface area contributed by atoms with Gasteiger partial charge in [-0.15, -0.1) is 0 Å². The van der Waals surface area contributed by atoms with Gasteiger partial charge in [-0.1, -0.05) is 30.7 Å². The standard InChI is InChI=1S/C25H28ClF3N4O5S/c1-6-39(36,37)16-9-7-15(8-10-16)18(13-34)31-22(35)21-14(2)23(33(32-21)24(3,4)5)38-19-12-30-11-17(26)20(19)25(27,28)29/h7-12,18,34H,6,13H2,1-5H3,(H,31,35). The second kappa shape index (κ2) is 11.1. The monoisotopic (exact) mass is 588 g/mol. The van der Waals surface area contributed by atoms with Gasteiger partial charge in [0.25, 0.3) is 5.91 Å². The van der Waals surface area contributed by atoms with Gasteiger partial charge in [-0.3, -0.25) is 9.78 Å². The Kier molecular flexibility index (Phi) is 8.68. The van der Waals surface area contributed by atoms with Gasteiger partial charge in [0.15, 0.2) is 21.3 Å². The van der Waals surface area contributed by atoms with Crippen LogP contribution in [0.5, 0.6) is 11.6 Å². The first-order valence-electron chi connectivity index (χ1n) is 11.7. The number of alkyl halides is 3. The average Bonchev–Trinajstić information content (AvgIpc) is 3.18. The predicted octanol–water partition coefficient (Wildman–Crippen LogP) is 5.06. The molecule has 39 heavy (non-hydrogen) atoms. The van der Waals surface area contributed by atoms with E-state index in [0.29, 0.717) is 5.56 Å². The molecular weight excluding hydrogens is 561 g/mol. The molecule has 0 bridgehead atoms. The smallest absolute Gasteiger partial charge is 0.421 e. The van der Waals surface area contributed by atoms with Crippen molar-refractivity contribution in [3.05, 3.63) is 64.1 Å². The molecule has 0 aliphatic carbocycles. The van der Waals surface area contributed by atoms with Gasteiger partial charge >= 0.3 is 6.18 Å². The van der Waals surface area contributed by atoms with E-state index < -0.39 is 56.4 Å². The fraction of sp³-hybridized carbons (Fsp3) is 0.400. The Hall–Kier alpha value is -3.16. The lowest BCUT2D eigenvalue weighted by Gasteiger charge is -2.23. The summed E-state index contributed by atoms with van der Waals surface area (Å²) in [6.07, 6.45) is -3.11. The molecule has 1 aromatic carbocycles. The summed E-state index contributed by atoms with van der Waals surface area (Å²) in [4.78, 5) is 17.0. The van der Waals surface area contributed by atoms with Crippen LogP contribution in [0.15, 0.2) is 41.6 Å². The van der Waals surface area contributed by atoms with Gasteiger partial charge in [0.05, 0.1) is 40.1 Å². The first-order chi connectivity index (χ1) is 18.0. The lowest BCUT2D eigenvalue weighted by atomic mass is 10.1. The molecule has 1 amide bonds. The molecule has 2 aromatic heterocycles. The minimum Gasteiger partial charge on any atom is -0.437 e. The number of rotatable bonds is 8. The highest BCUT2D eigenvalue weighted by molar-refractivity contribution is 7.91. The largest absolute Gasteiger partial charge is 0.437 e. The number of aliphatic hydroxyl groups excluding tert-OH is 1. The number of aliphatic hydroxyl groups is 1. The second-order valence-electron chi connectivity index (χ2n) is 9.64. The number of ether oxygens (including phenoxy) is 1. The minimum absolute atomic E-state index is 0.0810. The second-order valence-corrected chi connectivity index (χ2v) is 12.3. The van der Waals surface area contributed by atoms with Crippen LogP contribution < -0.4 is 10.1 Å². The third-order valence-electron chi connectivity index (χ3n) is 5.78. The summed E-state index contributed by atoms with van der Waals surface area (Å²) in [6, 6.07) is 4.79. The molecule has 2 heterocycles. The van der Waals surface area contributed by atoms with Gasteiger partial charge in [-0.25, -0.2) is 13.1 Å². The van der Waals surface area contributed by atoms with Crippen molar-refractivity contribution < 1.29 is 36.2 Å². The zero-order valence-electron chi connectivity index (χ0n) is 21.8. The summed E-state index contributed by atoms with van der Waals surface area (Å²) >= 11 is 5.77. The number of sulfone groups is 1. The molecule has 212 valence electrons. The van der Waals surface area contributed by atoms with E-state index in [2.05, 4.69) is 15.4 Å². The Bertz CT molecular complexity index is 1470. The summed E-state index contributed by atoms with van der Waals surface area (Å²) < 4.78 is 72.2. The molecule has 0 aliphatic rings. The van der Waals surface area contributed by atoms with Crippen molar-refractivity contribution in [1.82, 2.24) is 20.1 Å². The molecule has 3 aromatic rings. The van der Waals surface area contributed by atoms with Crippen LogP contribution in [0.3, 0.4) is 0 Å². The van der Waals surface area contributed by atoms with Gasteiger partial charge in [-0.05, 0) is 45.4 Å². The third-order valence-corrected chi connectivity index (χ3v) is 7.82. The van der Waals surface area contributed by atoms with Crippen molar-refractivity contribution >= 4 is 27.3 Å². The van der Waals surface area contributed by atoms with Crippen molar-refractivity contribution in [2.45, 2.75) is 57.3 Å². The molecule has 1 atom stereocenters. The number of hydrogen-bond acceptors (Lipinski definition) is 7. The maximum absolute atomic E-state index is 13.7. The lowest BCUT2D eigenvalue weighted by Crippen LogP contribution is -2.32. The zero-order valence-corrected chi connectivity index (χ0v) is 23.4. The molecule has 3 rings (SSSR count). The molecule has 0 saturated heterocycles. The number of carbonyl (C=O) groups is 1. The van der Waals surface area contributed by atoms with Crippen molar-refractivity contribution in [2.24, 2.45) is 0 Å². The molecule has 9 nitrogen and oxygen atoms in total. The van der Waals surface area contributed by atoms with E-state index in [9.17, 15) is 31.5 Å². The number of nitrogens with one attached hydrogen (secondary N) is 1. The molecule has 0 aliphatic heterocycles. The molecule has 1 unspecified atom stereocenters. The molecular formula is C25H28ClF3N4O5S. The summed E-state index contributed by atoms with van der Waals surface area (Å²) in [5, 5.41) is 16.2. The van der Waals surface area contributed by atoms with E-state index >= 15 is 0 Å². The van der Waals surface area contributed by atoms with Crippen LogP contribution >= 0.6 is 11.6 Å². The first kappa shape index (κ1) is 30.4. The van der Waals surface area contributed by atoms with Gasteiger partial charge in [0, 0.05) is 11.8 Å². The Morgan fingerprint density at radius 1 is 1.18 bits per heavy atom. The topological polar surface area (TPSA) is 123 Å². The Labute approximate surface area is 228 Å². The van der Waals surface area contributed by atoms with E-state index in [4.69, 9.17) is 16.3 Å². The van der Waals surface area contributed by atoms with E-state index in [-0.39, 0.29) is 27.8 Å². The normalized spacial score (nSPS) is 13.3. The number of pyridine rings is 1. The van der Waals surface area contributed by atoms with Crippen LogP contribution in [0.25, 0.3) is 0 Å². The number of nitrogens with zero attached hydrogens (tertiary/aromatic N) is 3. The molecule has 0 radical (unpaired) electrons. The number of halogens is 4. The molecule has 0 fully saturated rings. The van der Waals surface area contributed by atoms with Crippen molar-refractivity contribution in [3.8, 4) is 11.6 Å². The average molecular weight is 589 g/mol. The third kappa shape index (κ3) is 6.53. The highest BCUT2D eigenvalue weighted by atomic mass is 35.5. The summed E-state index contributed by atoms with van der Waals surface area (Å²) in [5.74, 6) is -1.60. The van der Waals surface area contributed by atoms with E-state index in [1.54, 1.807) is 20.8 Å². The van der Waals surface area contributed by atoms with Crippen LogP contribution in [0, 0.1) is 6.92 Å². The maximum atomic E-state index is 13.7. The molecule has 0 spiro atoms. The first-order valence-corrected chi connectivity index (χ1v) is 13.8. The summed E-state index contributed by atoms with van der Waals surface area (Å²) in [6.45, 7) is 7.62. The maximum Gasteiger partial charge on any atom is 0.421 e. The highest BCUT2D eigenvalue weighted by Gasteiger charge is 2.39. The number of aromatic nitrogens is 3. The van der Waals surface area contributed by atoms with Gasteiger partial charge in [-0.2, -0.15) is 18.3 Å². The van der Waals surface area contributed by atoms with Crippen molar-refractivity contribution in [1.29, 1.82) is 0 Å². The fourth-order valence-electron chi connectivity index (χ4n) is 3.68. The van der Waals surface area contributed by atoms with Crippen molar-refractivity contribution in [2.75, 3.05) is 12.4 Å². The van der Waals surface area contributed by atoms with Crippen LogP contribution in [0.1, 0.15) is 60.9 Å². The minimum atomic E-state index is -4.84. The lowest BCUT2D eigenvalue weighted by molar-refractivity contribution is -0.138. The van der Waals surface area contributed by atoms with Gasteiger partial charge in [0.2, 0.25) is 5.88 Å². The van der Waals surface area contributed by atoms with Gasteiger partial charge in [0.1, 0.15) is 5.56 Å². The summed E-state index contributed by atoms with van der Waals surface area (Å²) in [5.41, 5.74) is -1.62. The van der Waals surface area contributed by atoms with E-state index in [1.807, 2.05) is 0 Å². The Morgan fingerprint density at radius 3 is 2.31 bits per heavy atom. The molecule has 2 N–H and O–H groups in total. The fourth-order valence-corrected chi connectivity index (χ4v) is 4.82. The number of carbonyl (C=O) groups excluding carboxylic acids is 1. The van der Waals surface area contributed by atoms with Crippen LogP contribution in [-0.4, -0.2) is 46.6 Å². The zero-order chi connectivity index (χ0) is 29.3. The van der Waals surface area contributed by atoms with Crippen LogP contribution in [0.4, 0.5) is 13.2 Å². The number of amides is 1. The van der Waals surface area contributed by atoms with E-state index in [0.717, 1.165) is 12.4 Å². The van der Waals surface area contributed by atoms with Crippen LogP contribution in [-0.2, 0) is 21.6 Å². The number of benzene rings is 1. The quantitative estimate of drug-likeness (QED) is 0.377. The molecule has 0 saturated carbocycles. The predicted molar refractivity (Wildman–Crippen MR) is 138 cm³/mol. The van der Waals surface area contributed by atoms with Crippen molar-refractivity contribution in [3.63, 3.8) is 0 Å². The Morgan fingerprint density at radius 2 is 1.79 bits per heavy atom. The highest BCUT2D eigenvalue weighted by Crippen LogP contribution is 2.43. The SMILES string of the molecule is CCS(=O)(=O)c1ccc(C(CO)NC(=O)c2nn(C(C)(C)C)c(Oc3cncc(Cl)c3C(F)(F)F)c2C)cc1. The summed E-state index contributed by atoms with van der Waals surface area (Å²) in [7, 11) is -3.44. The molecule has 14 heteroatoms. The Balaban J connectivity index is 1.99.